The van der Waals surface area contributed by atoms with Crippen LogP contribution in [0.1, 0.15) is 64.9 Å². The Morgan fingerprint density at radius 2 is 1.82 bits per heavy atom. The summed E-state index contributed by atoms with van der Waals surface area (Å²) in [4.78, 5) is 30.2. The lowest BCUT2D eigenvalue weighted by atomic mass is 9.47. The summed E-state index contributed by atoms with van der Waals surface area (Å²) >= 11 is 0. The van der Waals surface area contributed by atoms with Crippen LogP contribution in [0.3, 0.4) is 0 Å². The van der Waals surface area contributed by atoms with Crippen LogP contribution in [0.25, 0.3) is 0 Å². The van der Waals surface area contributed by atoms with Gasteiger partial charge < -0.3 is 25.1 Å². The molecule has 0 aliphatic heterocycles. The number of methoxy groups -OCH3 is 1. The van der Waals surface area contributed by atoms with Crippen molar-refractivity contribution in [3.8, 4) is 5.75 Å². The van der Waals surface area contributed by atoms with Crippen LogP contribution in [0, 0.1) is 28.6 Å². The van der Waals surface area contributed by atoms with Crippen LogP contribution < -0.4 is 5.32 Å². The maximum absolute atomic E-state index is 12.6. The zero-order valence-electron chi connectivity index (χ0n) is 24.0. The SMILES string of the molecule is COC(=O)[C@H](Cc1ccc(O)cc1)NC(=O)CON=C1C=C[C@@]2(C)C(=C1)CC[C@@H]1[C@H]2CC[C@@]2(C)[C@H]1CC[C@]2(C)O. The van der Waals surface area contributed by atoms with Gasteiger partial charge in [0.2, 0.25) is 0 Å². The van der Waals surface area contributed by atoms with Crippen LogP contribution in [0.15, 0.2) is 53.2 Å². The van der Waals surface area contributed by atoms with E-state index in [-0.39, 0.29) is 29.6 Å². The lowest BCUT2D eigenvalue weighted by molar-refractivity contribution is -0.145. The van der Waals surface area contributed by atoms with Gasteiger partial charge in [0, 0.05) is 11.8 Å². The summed E-state index contributed by atoms with van der Waals surface area (Å²) in [5.41, 5.74) is 2.20. The van der Waals surface area contributed by atoms with E-state index < -0.39 is 23.5 Å². The molecule has 4 aliphatic carbocycles. The number of hydrogen-bond donors (Lipinski definition) is 3. The molecule has 0 heterocycles. The molecular weight excluding hydrogens is 508 g/mol. The topological polar surface area (TPSA) is 117 Å². The Hall–Kier alpha value is -3.13. The minimum atomic E-state index is -0.883. The highest BCUT2D eigenvalue weighted by Gasteiger charge is 2.62. The molecule has 0 spiro atoms. The van der Waals surface area contributed by atoms with Crippen molar-refractivity contribution in [1.82, 2.24) is 5.32 Å². The van der Waals surface area contributed by atoms with Gasteiger partial charge in [-0.1, -0.05) is 42.8 Å². The third-order valence-corrected chi connectivity index (χ3v) is 10.7. The van der Waals surface area contributed by atoms with Gasteiger partial charge in [0.1, 0.15) is 17.5 Å². The molecule has 0 radical (unpaired) electrons. The number of aromatic hydroxyl groups is 1. The van der Waals surface area contributed by atoms with Gasteiger partial charge in [0.15, 0.2) is 6.61 Å². The first-order chi connectivity index (χ1) is 19.0. The second-order valence-corrected chi connectivity index (χ2v) is 12.8. The molecule has 0 unspecified atom stereocenters. The number of carbonyl (C=O) groups excluding carboxylic acids is 2. The average molecular weight is 551 g/mol. The Morgan fingerprint density at radius 3 is 2.55 bits per heavy atom. The fraction of sp³-hybridized carbons (Fsp3) is 0.594. The first-order valence-electron chi connectivity index (χ1n) is 14.4. The first-order valence-corrected chi connectivity index (χ1v) is 14.4. The van der Waals surface area contributed by atoms with Crippen LogP contribution >= 0.6 is 0 Å². The van der Waals surface area contributed by atoms with Crippen LogP contribution in [0.5, 0.6) is 5.75 Å². The number of benzene rings is 1. The number of phenolic OH excluding ortho intramolecular Hbond substituents is 1. The molecule has 7 atom stereocenters. The van der Waals surface area contributed by atoms with Crippen molar-refractivity contribution < 1.29 is 29.4 Å². The fourth-order valence-corrected chi connectivity index (χ4v) is 8.11. The van der Waals surface area contributed by atoms with E-state index in [0.717, 1.165) is 44.1 Å². The summed E-state index contributed by atoms with van der Waals surface area (Å²) in [5, 5.41) is 27.5. The van der Waals surface area contributed by atoms with E-state index in [0.29, 0.717) is 23.5 Å². The Bertz CT molecular complexity index is 1230. The van der Waals surface area contributed by atoms with Crippen molar-refractivity contribution in [2.45, 2.75) is 77.4 Å². The van der Waals surface area contributed by atoms with Gasteiger partial charge in [0.05, 0.1) is 12.7 Å². The van der Waals surface area contributed by atoms with Crippen LogP contribution in [-0.2, 0) is 25.6 Å². The molecule has 0 aromatic heterocycles. The van der Waals surface area contributed by atoms with E-state index in [2.05, 4.69) is 36.5 Å². The van der Waals surface area contributed by atoms with Crippen molar-refractivity contribution in [2.24, 2.45) is 33.7 Å². The lowest BCUT2D eigenvalue weighted by Crippen LogP contribution is -2.53. The van der Waals surface area contributed by atoms with Crippen LogP contribution in [-0.4, -0.2) is 53.2 Å². The predicted molar refractivity (Wildman–Crippen MR) is 151 cm³/mol. The molecule has 3 fully saturated rings. The highest BCUT2D eigenvalue weighted by molar-refractivity contribution is 6.05. The minimum Gasteiger partial charge on any atom is -0.508 e. The molecule has 3 N–H and O–H groups in total. The predicted octanol–water partition coefficient (Wildman–Crippen LogP) is 4.45. The molecule has 8 nitrogen and oxygen atoms in total. The third kappa shape index (κ3) is 5.06. The quantitative estimate of drug-likeness (QED) is 0.341. The Labute approximate surface area is 236 Å². The number of rotatable bonds is 7. The summed E-state index contributed by atoms with van der Waals surface area (Å²) in [6.07, 6.45) is 12.9. The van der Waals surface area contributed by atoms with Crippen molar-refractivity contribution in [3.05, 3.63) is 53.6 Å². The van der Waals surface area contributed by atoms with E-state index in [1.54, 1.807) is 12.1 Å². The smallest absolute Gasteiger partial charge is 0.328 e. The standard InChI is InChI=1S/C32H42N2O6/c1-30-14-11-22(18-21(30)7-10-24-25(30)12-15-31(2)26(24)13-16-32(31,3)38)34-40-19-28(36)33-27(29(37)39-4)17-20-5-8-23(35)9-6-20/h5-6,8-9,11,14,18,24-27,35,38H,7,10,12-13,15-17,19H2,1-4H3,(H,33,36)/t24-,25-,26+,27+,30+,31+,32+/m1/s1. The summed E-state index contributed by atoms with van der Waals surface area (Å²) in [6, 6.07) is 5.55. The van der Waals surface area contributed by atoms with Crippen LogP contribution in [0.2, 0.25) is 0 Å². The molecule has 4 aliphatic rings. The van der Waals surface area contributed by atoms with E-state index in [4.69, 9.17) is 9.57 Å². The van der Waals surface area contributed by atoms with Crippen molar-refractivity contribution >= 4 is 17.6 Å². The number of aliphatic hydroxyl groups is 1. The number of esters is 1. The number of ether oxygens (including phenoxy) is 1. The summed E-state index contributed by atoms with van der Waals surface area (Å²) in [6.45, 7) is 6.36. The second-order valence-electron chi connectivity index (χ2n) is 12.8. The largest absolute Gasteiger partial charge is 0.508 e. The molecule has 5 rings (SSSR count). The van der Waals surface area contributed by atoms with Gasteiger partial charge in [-0.15, -0.1) is 0 Å². The Kier molecular flexibility index (Phi) is 7.59. The highest BCUT2D eigenvalue weighted by Crippen LogP contribution is 2.66. The van der Waals surface area contributed by atoms with Crippen molar-refractivity contribution in [3.63, 3.8) is 0 Å². The molecule has 1 aromatic rings. The molecule has 1 amide bonds. The molecule has 3 saturated carbocycles. The molecule has 40 heavy (non-hydrogen) atoms. The van der Waals surface area contributed by atoms with Crippen LogP contribution in [0.4, 0.5) is 0 Å². The average Bonchev–Trinajstić information content (AvgIpc) is 3.17. The highest BCUT2D eigenvalue weighted by atomic mass is 16.6. The maximum Gasteiger partial charge on any atom is 0.328 e. The normalized spacial score (nSPS) is 36.1. The van der Waals surface area contributed by atoms with Gasteiger partial charge in [-0.3, -0.25) is 4.79 Å². The number of oxime groups is 1. The lowest BCUT2D eigenvalue weighted by Gasteiger charge is -2.58. The van der Waals surface area contributed by atoms with Crippen molar-refractivity contribution in [2.75, 3.05) is 13.7 Å². The van der Waals surface area contributed by atoms with Gasteiger partial charge in [-0.2, -0.15) is 0 Å². The monoisotopic (exact) mass is 550 g/mol. The number of carbonyl (C=O) groups is 2. The van der Waals surface area contributed by atoms with Gasteiger partial charge in [-0.05, 0) is 98.5 Å². The second kappa shape index (κ2) is 10.7. The minimum absolute atomic E-state index is 0.00207. The zero-order valence-corrected chi connectivity index (χ0v) is 24.0. The van der Waals surface area contributed by atoms with E-state index in [9.17, 15) is 19.8 Å². The molecular formula is C32H42N2O6. The molecule has 8 heteroatoms. The van der Waals surface area contributed by atoms with Gasteiger partial charge in [-0.25, -0.2) is 4.79 Å². The van der Waals surface area contributed by atoms with E-state index in [1.807, 2.05) is 13.0 Å². The first kappa shape index (κ1) is 28.4. The van der Waals surface area contributed by atoms with Gasteiger partial charge >= 0.3 is 5.97 Å². The number of phenols is 1. The fourth-order valence-electron chi connectivity index (χ4n) is 8.11. The molecule has 0 bridgehead atoms. The number of fused-ring (bicyclic) bond motifs is 5. The maximum atomic E-state index is 12.6. The van der Waals surface area contributed by atoms with Gasteiger partial charge in [0.25, 0.3) is 5.91 Å². The third-order valence-electron chi connectivity index (χ3n) is 10.7. The number of nitrogens with zero attached hydrogens (tertiary/aromatic N) is 1. The molecule has 0 saturated heterocycles. The number of nitrogens with one attached hydrogen (secondary N) is 1. The summed E-state index contributed by atoms with van der Waals surface area (Å²) in [7, 11) is 1.27. The Morgan fingerprint density at radius 1 is 1.10 bits per heavy atom. The Balaban J connectivity index is 1.19. The van der Waals surface area contributed by atoms with E-state index >= 15 is 0 Å². The van der Waals surface area contributed by atoms with E-state index in [1.165, 1.54) is 24.8 Å². The van der Waals surface area contributed by atoms with Crippen molar-refractivity contribution in [1.29, 1.82) is 0 Å². The molecule has 216 valence electrons. The zero-order chi connectivity index (χ0) is 28.7. The number of amides is 1. The number of allylic oxidation sites excluding steroid dienone is 4. The molecule has 1 aromatic carbocycles. The number of hydrogen-bond acceptors (Lipinski definition) is 7. The summed E-state index contributed by atoms with van der Waals surface area (Å²) < 4.78 is 4.84. The summed E-state index contributed by atoms with van der Waals surface area (Å²) in [5.74, 6) is 0.809.